The molecule has 3 aromatic rings. The van der Waals surface area contributed by atoms with Crippen LogP contribution < -0.4 is 14.4 Å². The van der Waals surface area contributed by atoms with Gasteiger partial charge in [0.05, 0.1) is 19.9 Å². The lowest BCUT2D eigenvalue weighted by molar-refractivity contribution is -0.116. The fraction of sp³-hybridized carbons (Fsp3) is 0.273. The van der Waals surface area contributed by atoms with Crippen molar-refractivity contribution in [3.05, 3.63) is 47.3 Å². The van der Waals surface area contributed by atoms with Crippen LogP contribution in [-0.4, -0.2) is 31.7 Å². The van der Waals surface area contributed by atoms with Crippen molar-refractivity contribution in [1.82, 2.24) is 4.98 Å². The SMILES string of the molecule is COc1ccc(-c2nc(-c3ccc4c(c3)CCCN4C(C)=O)cs2)cc1OC. The number of aromatic nitrogens is 1. The Kier molecular flexibility index (Phi) is 5.05. The highest BCUT2D eigenvalue weighted by Gasteiger charge is 2.20. The lowest BCUT2D eigenvalue weighted by Gasteiger charge is -2.28. The largest absolute Gasteiger partial charge is 0.493 e. The first kappa shape index (κ1) is 18.5. The van der Waals surface area contributed by atoms with E-state index in [1.54, 1.807) is 32.5 Å². The van der Waals surface area contributed by atoms with Gasteiger partial charge in [-0.15, -0.1) is 11.3 Å². The molecule has 0 saturated carbocycles. The number of carbonyl (C=O) groups excluding carboxylic acids is 1. The van der Waals surface area contributed by atoms with Gasteiger partial charge in [0.25, 0.3) is 0 Å². The first-order valence-electron chi connectivity index (χ1n) is 9.20. The second kappa shape index (κ2) is 7.64. The molecule has 1 aromatic heterocycles. The summed E-state index contributed by atoms with van der Waals surface area (Å²) in [6, 6.07) is 12.1. The summed E-state index contributed by atoms with van der Waals surface area (Å²) in [6.45, 7) is 2.42. The molecule has 0 bridgehead atoms. The van der Waals surface area contributed by atoms with E-state index in [2.05, 4.69) is 11.4 Å². The average molecular weight is 394 g/mol. The van der Waals surface area contributed by atoms with Gasteiger partial charge in [-0.1, -0.05) is 6.07 Å². The summed E-state index contributed by atoms with van der Waals surface area (Å²) >= 11 is 1.60. The van der Waals surface area contributed by atoms with E-state index in [0.717, 1.165) is 46.9 Å². The van der Waals surface area contributed by atoms with E-state index >= 15 is 0 Å². The van der Waals surface area contributed by atoms with Crippen LogP contribution >= 0.6 is 11.3 Å². The van der Waals surface area contributed by atoms with Gasteiger partial charge in [-0.3, -0.25) is 4.79 Å². The van der Waals surface area contributed by atoms with E-state index in [9.17, 15) is 4.79 Å². The van der Waals surface area contributed by atoms with E-state index in [-0.39, 0.29) is 5.91 Å². The number of benzene rings is 2. The second-order valence-electron chi connectivity index (χ2n) is 6.73. The number of hydrogen-bond donors (Lipinski definition) is 0. The summed E-state index contributed by atoms with van der Waals surface area (Å²) in [5, 5.41) is 3.00. The molecule has 0 atom stereocenters. The molecule has 1 amide bonds. The highest BCUT2D eigenvalue weighted by Crippen LogP contribution is 2.36. The Hall–Kier alpha value is -2.86. The van der Waals surface area contributed by atoms with Crippen LogP contribution in [0, 0.1) is 0 Å². The number of carbonyl (C=O) groups is 1. The second-order valence-corrected chi connectivity index (χ2v) is 7.58. The number of hydrogen-bond acceptors (Lipinski definition) is 5. The van der Waals surface area contributed by atoms with Crippen molar-refractivity contribution in [3.63, 3.8) is 0 Å². The van der Waals surface area contributed by atoms with Crippen molar-refractivity contribution in [3.8, 4) is 33.3 Å². The fourth-order valence-corrected chi connectivity index (χ4v) is 4.42. The van der Waals surface area contributed by atoms with Gasteiger partial charge in [0, 0.05) is 35.7 Å². The van der Waals surface area contributed by atoms with Gasteiger partial charge in [0.15, 0.2) is 11.5 Å². The molecule has 0 saturated heterocycles. The third kappa shape index (κ3) is 3.36. The Bertz CT molecular complexity index is 1030. The minimum absolute atomic E-state index is 0.0955. The van der Waals surface area contributed by atoms with Crippen molar-refractivity contribution in [1.29, 1.82) is 0 Å². The zero-order valence-corrected chi connectivity index (χ0v) is 17.0. The maximum absolute atomic E-state index is 11.9. The van der Waals surface area contributed by atoms with Crippen LogP contribution in [0.2, 0.25) is 0 Å². The number of methoxy groups -OCH3 is 2. The molecule has 1 aliphatic heterocycles. The van der Waals surface area contributed by atoms with Gasteiger partial charge in [0.2, 0.25) is 5.91 Å². The predicted molar refractivity (Wildman–Crippen MR) is 112 cm³/mol. The van der Waals surface area contributed by atoms with Gasteiger partial charge in [0.1, 0.15) is 5.01 Å². The third-order valence-corrected chi connectivity index (χ3v) is 5.90. The number of thiazole rings is 1. The van der Waals surface area contributed by atoms with E-state index in [0.29, 0.717) is 11.5 Å². The normalized spacial score (nSPS) is 13.2. The van der Waals surface area contributed by atoms with Gasteiger partial charge in [-0.2, -0.15) is 0 Å². The quantitative estimate of drug-likeness (QED) is 0.638. The minimum Gasteiger partial charge on any atom is -0.493 e. The van der Waals surface area contributed by atoms with Gasteiger partial charge < -0.3 is 14.4 Å². The molecule has 4 rings (SSSR count). The van der Waals surface area contributed by atoms with E-state index in [1.165, 1.54) is 5.56 Å². The number of aryl methyl sites for hydroxylation is 1. The smallest absolute Gasteiger partial charge is 0.223 e. The lowest BCUT2D eigenvalue weighted by atomic mass is 9.98. The molecule has 0 unspecified atom stereocenters. The van der Waals surface area contributed by atoms with E-state index in [4.69, 9.17) is 14.5 Å². The number of fused-ring (bicyclic) bond motifs is 1. The number of anilines is 1. The average Bonchev–Trinajstić information content (AvgIpc) is 3.22. The molecular formula is C22H22N2O3S. The molecule has 144 valence electrons. The summed E-state index contributed by atoms with van der Waals surface area (Å²) in [5.74, 6) is 1.49. The summed E-state index contributed by atoms with van der Waals surface area (Å²) in [5.41, 5.74) is 5.25. The van der Waals surface area contributed by atoms with Crippen LogP contribution in [0.4, 0.5) is 5.69 Å². The van der Waals surface area contributed by atoms with Crippen molar-refractivity contribution in [2.24, 2.45) is 0 Å². The number of amides is 1. The number of nitrogens with zero attached hydrogens (tertiary/aromatic N) is 2. The molecule has 2 aromatic carbocycles. The monoisotopic (exact) mass is 394 g/mol. The van der Waals surface area contributed by atoms with Crippen LogP contribution in [0.5, 0.6) is 11.5 Å². The summed E-state index contributed by atoms with van der Waals surface area (Å²) in [7, 11) is 3.26. The zero-order valence-electron chi connectivity index (χ0n) is 16.2. The highest BCUT2D eigenvalue weighted by molar-refractivity contribution is 7.13. The molecule has 0 spiro atoms. The topological polar surface area (TPSA) is 51.7 Å². The van der Waals surface area contributed by atoms with Crippen LogP contribution in [0.15, 0.2) is 41.8 Å². The summed E-state index contributed by atoms with van der Waals surface area (Å²) in [6.07, 6.45) is 1.98. The van der Waals surface area contributed by atoms with Gasteiger partial charge in [-0.25, -0.2) is 4.98 Å². The Morgan fingerprint density at radius 3 is 2.61 bits per heavy atom. The molecule has 0 fully saturated rings. The maximum Gasteiger partial charge on any atom is 0.223 e. The molecule has 0 radical (unpaired) electrons. The molecule has 2 heterocycles. The Morgan fingerprint density at radius 1 is 1.07 bits per heavy atom. The zero-order chi connectivity index (χ0) is 19.7. The van der Waals surface area contributed by atoms with Gasteiger partial charge >= 0.3 is 0 Å². The molecule has 0 aliphatic carbocycles. The van der Waals surface area contributed by atoms with Crippen molar-refractivity contribution >= 4 is 22.9 Å². The van der Waals surface area contributed by atoms with Gasteiger partial charge in [-0.05, 0) is 48.7 Å². The Labute approximate surface area is 168 Å². The van der Waals surface area contributed by atoms with E-state index in [1.807, 2.05) is 35.2 Å². The summed E-state index contributed by atoms with van der Waals surface area (Å²) < 4.78 is 10.7. The number of rotatable bonds is 4. The fourth-order valence-electron chi connectivity index (χ4n) is 3.59. The first-order valence-corrected chi connectivity index (χ1v) is 10.1. The minimum atomic E-state index is 0.0955. The van der Waals surface area contributed by atoms with Crippen molar-refractivity contribution in [2.75, 3.05) is 25.7 Å². The third-order valence-electron chi connectivity index (χ3n) is 5.01. The molecule has 0 N–H and O–H groups in total. The van der Waals surface area contributed by atoms with Crippen LogP contribution in [0.25, 0.3) is 21.8 Å². The van der Waals surface area contributed by atoms with Crippen LogP contribution in [-0.2, 0) is 11.2 Å². The highest BCUT2D eigenvalue weighted by atomic mass is 32.1. The standard InChI is InChI=1S/C22H22N2O3S/c1-14(25)24-10-4-5-16-11-15(6-8-19(16)24)18-13-28-22(23-18)17-7-9-20(26-2)21(12-17)27-3/h6-9,11-13H,4-5,10H2,1-3H3. The van der Waals surface area contributed by atoms with Crippen molar-refractivity contribution in [2.45, 2.75) is 19.8 Å². The predicted octanol–water partition coefficient (Wildman–Crippen LogP) is 4.79. The maximum atomic E-state index is 11.9. The Morgan fingerprint density at radius 2 is 1.86 bits per heavy atom. The molecule has 1 aliphatic rings. The molecular weight excluding hydrogens is 372 g/mol. The molecule has 5 nitrogen and oxygen atoms in total. The lowest BCUT2D eigenvalue weighted by Crippen LogP contribution is -2.33. The Balaban J connectivity index is 1.66. The summed E-state index contributed by atoms with van der Waals surface area (Å²) in [4.78, 5) is 18.6. The van der Waals surface area contributed by atoms with E-state index < -0.39 is 0 Å². The molecule has 6 heteroatoms. The van der Waals surface area contributed by atoms with Crippen molar-refractivity contribution < 1.29 is 14.3 Å². The molecule has 28 heavy (non-hydrogen) atoms. The first-order chi connectivity index (χ1) is 13.6. The number of ether oxygens (including phenoxy) is 2. The van der Waals surface area contributed by atoms with Crippen LogP contribution in [0.3, 0.4) is 0 Å². The van der Waals surface area contributed by atoms with Crippen LogP contribution in [0.1, 0.15) is 18.9 Å².